The van der Waals surface area contributed by atoms with Crippen molar-refractivity contribution in [2.75, 3.05) is 0 Å². The molecule has 2 rings (SSSR count). The highest BCUT2D eigenvalue weighted by Gasteiger charge is 2.22. The van der Waals surface area contributed by atoms with Crippen molar-refractivity contribution < 1.29 is 4.79 Å². The fraction of sp³-hybridized carbons (Fsp3) is 0.643. The Morgan fingerprint density at radius 1 is 1.29 bits per heavy atom. The van der Waals surface area contributed by atoms with Gasteiger partial charge in [0.1, 0.15) is 12.1 Å². The summed E-state index contributed by atoms with van der Waals surface area (Å²) in [4.78, 5) is 20.5. The Bertz CT molecular complexity index is 415. The predicted molar refractivity (Wildman–Crippen MR) is 67.0 cm³/mol. The summed E-state index contributed by atoms with van der Waals surface area (Å²) in [6, 6.07) is 0. The van der Waals surface area contributed by atoms with Gasteiger partial charge in [-0.05, 0) is 44.6 Å². The van der Waals surface area contributed by atoms with Crippen LogP contribution in [0.15, 0.2) is 6.33 Å². The van der Waals surface area contributed by atoms with E-state index >= 15 is 0 Å². The molecule has 0 aromatic carbocycles. The number of hydrogen-bond donors (Lipinski definition) is 0. The van der Waals surface area contributed by atoms with E-state index in [4.69, 9.17) is 0 Å². The Balaban J connectivity index is 2.43. The van der Waals surface area contributed by atoms with Gasteiger partial charge in [-0.3, -0.25) is 4.79 Å². The van der Waals surface area contributed by atoms with Crippen molar-refractivity contribution >= 4 is 5.78 Å². The fourth-order valence-electron chi connectivity index (χ4n) is 2.70. The molecule has 0 aliphatic heterocycles. The topological polar surface area (TPSA) is 42.9 Å². The number of carbonyl (C=O) groups excluding carboxylic acids is 1. The molecule has 0 spiro atoms. The molecule has 3 heteroatoms. The van der Waals surface area contributed by atoms with E-state index in [1.54, 1.807) is 13.3 Å². The average Bonchev–Trinajstić information content (AvgIpc) is 2.55. The van der Waals surface area contributed by atoms with Gasteiger partial charge in [0.2, 0.25) is 0 Å². The van der Waals surface area contributed by atoms with Crippen LogP contribution in [0.4, 0.5) is 0 Å². The van der Waals surface area contributed by atoms with Gasteiger partial charge in [0.05, 0.1) is 11.6 Å². The minimum atomic E-state index is -0.0372. The fourth-order valence-corrected chi connectivity index (χ4v) is 2.70. The Morgan fingerprint density at radius 2 is 2.06 bits per heavy atom. The number of nitrogens with zero attached hydrogens (tertiary/aromatic N) is 2. The van der Waals surface area contributed by atoms with E-state index < -0.39 is 0 Å². The second-order valence-corrected chi connectivity index (χ2v) is 4.82. The van der Waals surface area contributed by atoms with Gasteiger partial charge in [-0.2, -0.15) is 0 Å². The van der Waals surface area contributed by atoms with Crippen LogP contribution >= 0.6 is 0 Å². The Labute approximate surface area is 103 Å². The molecular weight excluding hydrogens is 212 g/mol. The molecule has 3 nitrogen and oxygen atoms in total. The third-order valence-electron chi connectivity index (χ3n) is 3.64. The molecule has 1 aliphatic rings. The van der Waals surface area contributed by atoms with Crippen molar-refractivity contribution in [1.82, 2.24) is 9.97 Å². The van der Waals surface area contributed by atoms with Crippen LogP contribution in [0, 0.1) is 0 Å². The van der Waals surface area contributed by atoms with E-state index in [1.165, 1.54) is 30.5 Å². The summed E-state index contributed by atoms with van der Waals surface area (Å²) in [7, 11) is 0. The van der Waals surface area contributed by atoms with Crippen molar-refractivity contribution in [2.24, 2.45) is 0 Å². The lowest BCUT2D eigenvalue weighted by atomic mass is 9.91. The van der Waals surface area contributed by atoms with Gasteiger partial charge in [0, 0.05) is 5.69 Å². The average molecular weight is 232 g/mol. The number of fused-ring (bicyclic) bond motifs is 1. The highest BCUT2D eigenvalue weighted by Crippen LogP contribution is 2.27. The van der Waals surface area contributed by atoms with Crippen molar-refractivity contribution in [3.63, 3.8) is 0 Å². The highest BCUT2D eigenvalue weighted by atomic mass is 16.1. The normalized spacial score (nSPS) is 17.1. The van der Waals surface area contributed by atoms with Crippen molar-refractivity contribution in [3.05, 3.63) is 23.3 Å². The molecule has 0 radical (unpaired) electrons. The maximum Gasteiger partial charge on any atom is 0.138 e. The monoisotopic (exact) mass is 232 g/mol. The first-order chi connectivity index (χ1) is 8.24. The van der Waals surface area contributed by atoms with E-state index in [1.807, 2.05) is 0 Å². The third-order valence-corrected chi connectivity index (χ3v) is 3.64. The first kappa shape index (κ1) is 12.2. The maximum absolute atomic E-state index is 11.7. The molecule has 17 heavy (non-hydrogen) atoms. The molecule has 1 aliphatic carbocycles. The summed E-state index contributed by atoms with van der Waals surface area (Å²) in [5.41, 5.74) is 3.42. The first-order valence-electron chi connectivity index (χ1n) is 6.57. The number of aromatic nitrogens is 2. The van der Waals surface area contributed by atoms with Gasteiger partial charge in [0.15, 0.2) is 0 Å². The van der Waals surface area contributed by atoms with Gasteiger partial charge in [-0.1, -0.05) is 13.3 Å². The van der Waals surface area contributed by atoms with Gasteiger partial charge in [0.25, 0.3) is 0 Å². The molecule has 1 unspecified atom stereocenters. The molecule has 1 atom stereocenters. The summed E-state index contributed by atoms with van der Waals surface area (Å²) >= 11 is 0. The Kier molecular flexibility index (Phi) is 3.87. The van der Waals surface area contributed by atoms with Crippen molar-refractivity contribution in [2.45, 2.75) is 58.3 Å². The summed E-state index contributed by atoms with van der Waals surface area (Å²) in [5.74, 6) is 0.183. The van der Waals surface area contributed by atoms with Crippen LogP contribution in [0.1, 0.15) is 62.4 Å². The number of Topliss-reactive ketones (excluding diaryl/α,β-unsaturated/α-hetero) is 1. The van der Waals surface area contributed by atoms with E-state index in [0.29, 0.717) is 0 Å². The van der Waals surface area contributed by atoms with E-state index in [-0.39, 0.29) is 11.7 Å². The van der Waals surface area contributed by atoms with Gasteiger partial charge in [-0.15, -0.1) is 0 Å². The zero-order valence-corrected chi connectivity index (χ0v) is 10.7. The molecule has 92 valence electrons. The molecule has 1 aromatic heterocycles. The second-order valence-electron chi connectivity index (χ2n) is 4.82. The van der Waals surface area contributed by atoms with Gasteiger partial charge < -0.3 is 0 Å². The first-order valence-corrected chi connectivity index (χ1v) is 6.57. The largest absolute Gasteiger partial charge is 0.299 e. The number of aryl methyl sites for hydroxylation is 1. The van der Waals surface area contributed by atoms with E-state index in [0.717, 1.165) is 25.0 Å². The molecule has 0 saturated heterocycles. The summed E-state index contributed by atoms with van der Waals surface area (Å²) < 4.78 is 0. The lowest BCUT2D eigenvalue weighted by Crippen LogP contribution is -2.14. The van der Waals surface area contributed by atoms with Crippen LogP contribution in [0.5, 0.6) is 0 Å². The molecule has 0 saturated carbocycles. The molecular formula is C14H20N2O. The van der Waals surface area contributed by atoms with Crippen LogP contribution in [0.3, 0.4) is 0 Å². The number of ketones is 1. The van der Waals surface area contributed by atoms with Crippen molar-refractivity contribution in [3.8, 4) is 0 Å². The highest BCUT2D eigenvalue weighted by molar-refractivity contribution is 5.83. The van der Waals surface area contributed by atoms with Crippen LogP contribution in [0.2, 0.25) is 0 Å². The minimum absolute atomic E-state index is 0.0372. The lowest BCUT2D eigenvalue weighted by molar-refractivity contribution is -0.118. The lowest BCUT2D eigenvalue weighted by Gasteiger charge is -2.16. The Hall–Kier alpha value is -1.25. The summed E-state index contributed by atoms with van der Waals surface area (Å²) in [5, 5.41) is 0. The van der Waals surface area contributed by atoms with Crippen LogP contribution in [-0.2, 0) is 17.6 Å². The number of rotatable bonds is 3. The van der Waals surface area contributed by atoms with Crippen LogP contribution < -0.4 is 0 Å². The number of hydrogen-bond acceptors (Lipinski definition) is 3. The van der Waals surface area contributed by atoms with Gasteiger partial charge >= 0.3 is 0 Å². The SMILES string of the molecule is CCC(C(C)=O)c1ncnc2c1CCCCC2. The third kappa shape index (κ3) is 2.54. The maximum atomic E-state index is 11.7. The van der Waals surface area contributed by atoms with E-state index in [9.17, 15) is 4.79 Å². The van der Waals surface area contributed by atoms with Crippen LogP contribution in [0.25, 0.3) is 0 Å². The van der Waals surface area contributed by atoms with E-state index in [2.05, 4.69) is 16.9 Å². The standard InChI is InChI=1S/C14H20N2O/c1-3-11(10(2)17)14-12-7-5-4-6-8-13(12)15-9-16-14/h9,11H,3-8H2,1-2H3. The molecule has 0 fully saturated rings. The zero-order chi connectivity index (χ0) is 12.3. The molecule has 0 N–H and O–H groups in total. The molecule has 1 aromatic rings. The molecule has 0 amide bonds. The number of carbonyl (C=O) groups is 1. The van der Waals surface area contributed by atoms with Crippen molar-refractivity contribution in [1.29, 1.82) is 0 Å². The summed E-state index contributed by atoms with van der Waals surface area (Å²) in [6.45, 7) is 3.72. The zero-order valence-electron chi connectivity index (χ0n) is 10.7. The summed E-state index contributed by atoms with van der Waals surface area (Å²) in [6.07, 6.45) is 8.20. The minimum Gasteiger partial charge on any atom is -0.299 e. The smallest absolute Gasteiger partial charge is 0.138 e. The van der Waals surface area contributed by atoms with Crippen LogP contribution in [-0.4, -0.2) is 15.8 Å². The molecule has 0 bridgehead atoms. The quantitative estimate of drug-likeness (QED) is 0.753. The predicted octanol–water partition coefficient (Wildman–Crippen LogP) is 2.83. The Morgan fingerprint density at radius 3 is 2.76 bits per heavy atom. The molecule has 1 heterocycles. The van der Waals surface area contributed by atoms with Gasteiger partial charge in [-0.25, -0.2) is 9.97 Å². The second kappa shape index (κ2) is 5.39.